The van der Waals surface area contributed by atoms with E-state index < -0.39 is 0 Å². The molecule has 1 fully saturated rings. The molecule has 3 nitrogen and oxygen atoms in total. The van der Waals surface area contributed by atoms with Crippen molar-refractivity contribution >= 4 is 5.97 Å². The Bertz CT molecular complexity index is 373. The normalized spacial score (nSPS) is 16.3. The molecule has 2 rings (SSSR count). The van der Waals surface area contributed by atoms with Gasteiger partial charge in [0, 0.05) is 6.04 Å². The van der Waals surface area contributed by atoms with Crippen LogP contribution in [0.4, 0.5) is 0 Å². The minimum Gasteiger partial charge on any atom is -0.466 e. The number of rotatable bonds is 7. The molecule has 0 aliphatic heterocycles. The van der Waals surface area contributed by atoms with E-state index in [1.54, 1.807) is 0 Å². The van der Waals surface area contributed by atoms with Crippen molar-refractivity contribution in [2.45, 2.75) is 38.1 Å². The van der Waals surface area contributed by atoms with Gasteiger partial charge in [-0.2, -0.15) is 0 Å². The fourth-order valence-electron chi connectivity index (χ4n) is 2.05. The highest BCUT2D eigenvalue weighted by Gasteiger charge is 2.30. The lowest BCUT2D eigenvalue weighted by Crippen LogP contribution is -2.27. The van der Waals surface area contributed by atoms with E-state index in [2.05, 4.69) is 12.1 Å². The lowest BCUT2D eigenvalue weighted by molar-refractivity contribution is -0.144. The van der Waals surface area contributed by atoms with E-state index >= 15 is 0 Å². The first-order valence-corrected chi connectivity index (χ1v) is 6.71. The van der Waals surface area contributed by atoms with Gasteiger partial charge < -0.3 is 10.5 Å². The molecule has 2 N–H and O–H groups in total. The van der Waals surface area contributed by atoms with E-state index in [1.807, 2.05) is 18.2 Å². The highest BCUT2D eigenvalue weighted by Crippen LogP contribution is 2.32. The fraction of sp³-hybridized carbons (Fsp3) is 0.533. The van der Waals surface area contributed by atoms with Gasteiger partial charge in [0.2, 0.25) is 0 Å². The average molecular weight is 247 g/mol. The van der Waals surface area contributed by atoms with E-state index in [0.29, 0.717) is 18.9 Å². The second-order valence-corrected chi connectivity index (χ2v) is 5.02. The SMILES string of the molecule is NC(CC(=O)OCCCc1ccccc1)C1CC1. The molecule has 3 heteroatoms. The molecule has 0 saturated heterocycles. The third kappa shape index (κ3) is 4.49. The van der Waals surface area contributed by atoms with Gasteiger partial charge >= 0.3 is 5.97 Å². The lowest BCUT2D eigenvalue weighted by atomic mass is 10.1. The summed E-state index contributed by atoms with van der Waals surface area (Å²) in [5.74, 6) is 0.407. The summed E-state index contributed by atoms with van der Waals surface area (Å²) in [5.41, 5.74) is 7.16. The Balaban J connectivity index is 1.56. The van der Waals surface area contributed by atoms with Crippen molar-refractivity contribution < 1.29 is 9.53 Å². The van der Waals surface area contributed by atoms with Crippen LogP contribution in [0, 0.1) is 5.92 Å². The molecule has 1 unspecified atom stereocenters. The maximum atomic E-state index is 11.5. The molecule has 0 radical (unpaired) electrons. The summed E-state index contributed by atoms with van der Waals surface area (Å²) in [6.45, 7) is 0.491. The molecule has 1 aromatic rings. The van der Waals surface area contributed by atoms with Gasteiger partial charge in [-0.05, 0) is 37.2 Å². The molecule has 0 amide bonds. The highest BCUT2D eigenvalue weighted by atomic mass is 16.5. The zero-order valence-corrected chi connectivity index (χ0v) is 10.7. The summed E-state index contributed by atoms with van der Waals surface area (Å²) in [6.07, 6.45) is 4.53. The van der Waals surface area contributed by atoms with E-state index in [-0.39, 0.29) is 12.0 Å². The zero-order valence-electron chi connectivity index (χ0n) is 10.7. The van der Waals surface area contributed by atoms with Crippen LogP contribution in [0.5, 0.6) is 0 Å². The van der Waals surface area contributed by atoms with Gasteiger partial charge in [0.05, 0.1) is 13.0 Å². The number of hydrogen-bond acceptors (Lipinski definition) is 3. The van der Waals surface area contributed by atoms with Crippen molar-refractivity contribution in [3.8, 4) is 0 Å². The van der Waals surface area contributed by atoms with Gasteiger partial charge in [-0.1, -0.05) is 30.3 Å². The quantitative estimate of drug-likeness (QED) is 0.594. The molecule has 0 spiro atoms. The van der Waals surface area contributed by atoms with Gasteiger partial charge in [0.1, 0.15) is 0 Å². The van der Waals surface area contributed by atoms with Crippen molar-refractivity contribution in [2.24, 2.45) is 11.7 Å². The van der Waals surface area contributed by atoms with Gasteiger partial charge in [0.15, 0.2) is 0 Å². The molecule has 1 aliphatic rings. The maximum Gasteiger partial charge on any atom is 0.307 e. The van der Waals surface area contributed by atoms with Gasteiger partial charge in [-0.3, -0.25) is 4.79 Å². The first-order valence-electron chi connectivity index (χ1n) is 6.71. The molecule has 1 aliphatic carbocycles. The van der Waals surface area contributed by atoms with E-state index in [0.717, 1.165) is 12.8 Å². The number of ether oxygens (including phenoxy) is 1. The Labute approximate surface area is 108 Å². The predicted octanol–water partition coefficient (Wildman–Crippen LogP) is 2.29. The number of carbonyl (C=O) groups is 1. The Kier molecular flexibility index (Phi) is 4.76. The van der Waals surface area contributed by atoms with E-state index in [4.69, 9.17) is 10.5 Å². The van der Waals surface area contributed by atoms with Gasteiger partial charge in [-0.25, -0.2) is 0 Å². The van der Waals surface area contributed by atoms with Crippen LogP contribution < -0.4 is 5.73 Å². The van der Waals surface area contributed by atoms with Crippen LogP contribution in [0.2, 0.25) is 0 Å². The van der Waals surface area contributed by atoms with Crippen LogP contribution in [0.1, 0.15) is 31.2 Å². The number of aryl methyl sites for hydroxylation is 1. The summed E-state index contributed by atoms with van der Waals surface area (Å²) in [4.78, 5) is 11.5. The molecule has 98 valence electrons. The summed E-state index contributed by atoms with van der Waals surface area (Å²) in [7, 11) is 0. The first kappa shape index (κ1) is 13.1. The fourth-order valence-corrected chi connectivity index (χ4v) is 2.05. The Hall–Kier alpha value is -1.35. The minimum absolute atomic E-state index is 0.00613. The molecular formula is C15H21NO2. The number of esters is 1. The van der Waals surface area contributed by atoms with Crippen LogP contribution >= 0.6 is 0 Å². The standard InChI is InChI=1S/C15H21NO2/c16-14(13-8-9-13)11-15(17)18-10-4-7-12-5-2-1-3-6-12/h1-3,5-6,13-14H,4,7-11,16H2. The molecule has 0 bridgehead atoms. The molecule has 1 atom stereocenters. The molecule has 0 heterocycles. The lowest BCUT2D eigenvalue weighted by Gasteiger charge is -2.09. The van der Waals surface area contributed by atoms with Crippen molar-refractivity contribution in [2.75, 3.05) is 6.61 Å². The van der Waals surface area contributed by atoms with Crippen LogP contribution in [0.25, 0.3) is 0 Å². The topological polar surface area (TPSA) is 52.3 Å². The highest BCUT2D eigenvalue weighted by molar-refractivity contribution is 5.70. The van der Waals surface area contributed by atoms with Crippen LogP contribution in [-0.2, 0) is 16.0 Å². The average Bonchev–Trinajstić information content (AvgIpc) is 3.20. The second-order valence-electron chi connectivity index (χ2n) is 5.02. The second kappa shape index (κ2) is 6.55. The van der Waals surface area contributed by atoms with Crippen LogP contribution in [0.3, 0.4) is 0 Å². The summed E-state index contributed by atoms with van der Waals surface area (Å²) < 4.78 is 5.19. The smallest absolute Gasteiger partial charge is 0.307 e. The monoisotopic (exact) mass is 247 g/mol. The molecule has 0 aromatic heterocycles. The summed E-state index contributed by atoms with van der Waals surface area (Å²) in [6, 6.07) is 10.2. The minimum atomic E-state index is -0.150. The number of benzene rings is 1. The summed E-state index contributed by atoms with van der Waals surface area (Å²) >= 11 is 0. The zero-order chi connectivity index (χ0) is 12.8. The number of carbonyl (C=O) groups excluding carboxylic acids is 1. The van der Waals surface area contributed by atoms with Crippen molar-refractivity contribution in [1.29, 1.82) is 0 Å². The predicted molar refractivity (Wildman–Crippen MR) is 71.0 cm³/mol. The third-order valence-electron chi connectivity index (χ3n) is 3.35. The largest absolute Gasteiger partial charge is 0.466 e. The van der Waals surface area contributed by atoms with Crippen molar-refractivity contribution in [3.63, 3.8) is 0 Å². The Morgan fingerprint density at radius 3 is 2.72 bits per heavy atom. The molecule has 1 aromatic carbocycles. The van der Waals surface area contributed by atoms with Crippen molar-refractivity contribution in [1.82, 2.24) is 0 Å². The van der Waals surface area contributed by atoms with Crippen LogP contribution in [0.15, 0.2) is 30.3 Å². The third-order valence-corrected chi connectivity index (χ3v) is 3.35. The molecule has 1 saturated carbocycles. The first-order chi connectivity index (χ1) is 8.75. The maximum absolute atomic E-state index is 11.5. The Morgan fingerprint density at radius 1 is 1.33 bits per heavy atom. The van der Waals surface area contributed by atoms with Crippen LogP contribution in [-0.4, -0.2) is 18.6 Å². The van der Waals surface area contributed by atoms with E-state index in [1.165, 1.54) is 18.4 Å². The Morgan fingerprint density at radius 2 is 2.06 bits per heavy atom. The number of hydrogen-bond donors (Lipinski definition) is 1. The molecule has 18 heavy (non-hydrogen) atoms. The number of nitrogens with two attached hydrogens (primary N) is 1. The molecular weight excluding hydrogens is 226 g/mol. The van der Waals surface area contributed by atoms with Crippen molar-refractivity contribution in [3.05, 3.63) is 35.9 Å². The van der Waals surface area contributed by atoms with E-state index in [9.17, 15) is 4.79 Å². The van der Waals surface area contributed by atoms with Gasteiger partial charge in [-0.15, -0.1) is 0 Å². The van der Waals surface area contributed by atoms with Gasteiger partial charge in [0.25, 0.3) is 0 Å². The summed E-state index contributed by atoms with van der Waals surface area (Å²) in [5, 5.41) is 0.